The van der Waals surface area contributed by atoms with Gasteiger partial charge in [-0.2, -0.15) is 0 Å². The van der Waals surface area contributed by atoms with Crippen LogP contribution in [0.25, 0.3) is 0 Å². The highest BCUT2D eigenvalue weighted by Gasteiger charge is 2.52. The van der Waals surface area contributed by atoms with Crippen LogP contribution < -0.4 is 5.46 Å². The second-order valence-corrected chi connectivity index (χ2v) is 11.0. The van der Waals surface area contributed by atoms with Crippen molar-refractivity contribution in [2.45, 2.75) is 96.4 Å². The van der Waals surface area contributed by atoms with Crippen LogP contribution in [0.15, 0.2) is 12.1 Å². The summed E-state index contributed by atoms with van der Waals surface area (Å²) >= 11 is 0. The molecular weight excluding hydrogens is 379 g/mol. The molecule has 2 saturated heterocycles. The van der Waals surface area contributed by atoms with Gasteiger partial charge in [-0.25, -0.2) is 4.79 Å². The predicted molar refractivity (Wildman–Crippen MR) is 117 cm³/mol. The van der Waals surface area contributed by atoms with E-state index in [1.807, 2.05) is 20.8 Å². The van der Waals surface area contributed by atoms with Crippen LogP contribution >= 0.6 is 0 Å². The van der Waals surface area contributed by atoms with Gasteiger partial charge >= 0.3 is 13.2 Å². The normalized spacial score (nSPS) is 25.6. The molecule has 0 N–H and O–H groups in total. The molecule has 1 atom stereocenters. The zero-order valence-corrected chi connectivity index (χ0v) is 19.4. The molecule has 3 aliphatic rings. The molecule has 1 amide bonds. The lowest BCUT2D eigenvalue weighted by Crippen LogP contribution is -2.41. The highest BCUT2D eigenvalue weighted by molar-refractivity contribution is 6.62. The number of likely N-dealkylation sites (tertiary alicyclic amines) is 1. The van der Waals surface area contributed by atoms with Crippen molar-refractivity contribution in [2.24, 2.45) is 0 Å². The van der Waals surface area contributed by atoms with Crippen LogP contribution in [0.3, 0.4) is 0 Å². The van der Waals surface area contributed by atoms with Crippen molar-refractivity contribution in [1.29, 1.82) is 0 Å². The Labute approximate surface area is 180 Å². The third-order valence-electron chi connectivity index (χ3n) is 6.67. The fourth-order valence-corrected chi connectivity index (χ4v) is 4.00. The van der Waals surface area contributed by atoms with E-state index in [0.717, 1.165) is 23.3 Å². The minimum atomic E-state index is -0.483. The van der Waals surface area contributed by atoms with Gasteiger partial charge in [-0.1, -0.05) is 0 Å². The molecule has 1 unspecified atom stereocenters. The van der Waals surface area contributed by atoms with Crippen molar-refractivity contribution in [3.8, 4) is 0 Å². The summed E-state index contributed by atoms with van der Waals surface area (Å²) in [5, 5.41) is 0. The van der Waals surface area contributed by atoms with E-state index in [1.165, 1.54) is 12.8 Å². The number of rotatable bonds is 3. The van der Waals surface area contributed by atoms with Crippen molar-refractivity contribution in [1.82, 2.24) is 9.88 Å². The van der Waals surface area contributed by atoms with Gasteiger partial charge in [0.05, 0.1) is 11.2 Å². The largest absolute Gasteiger partial charge is 0.494 e. The number of hydrogen-bond donors (Lipinski definition) is 0. The number of amides is 1. The Morgan fingerprint density at radius 3 is 2.17 bits per heavy atom. The molecule has 0 spiro atoms. The first kappa shape index (κ1) is 21.6. The summed E-state index contributed by atoms with van der Waals surface area (Å²) in [6, 6.07) is 4.28. The van der Waals surface area contributed by atoms with Crippen LogP contribution in [0.5, 0.6) is 0 Å². The third kappa shape index (κ3) is 4.38. The minimum Gasteiger partial charge on any atom is -0.444 e. The molecule has 1 aliphatic carbocycles. The van der Waals surface area contributed by atoms with E-state index in [1.54, 1.807) is 4.90 Å². The Bertz CT molecular complexity index is 813. The number of carbonyl (C=O) groups excluding carboxylic acids is 1. The summed E-state index contributed by atoms with van der Waals surface area (Å²) in [5.41, 5.74) is 1.98. The van der Waals surface area contributed by atoms with Crippen molar-refractivity contribution in [3.05, 3.63) is 23.5 Å². The van der Waals surface area contributed by atoms with Gasteiger partial charge in [-0.3, -0.25) is 4.98 Å². The summed E-state index contributed by atoms with van der Waals surface area (Å²) in [5.74, 6) is 0.742. The first-order valence-corrected chi connectivity index (χ1v) is 11.2. The second-order valence-electron chi connectivity index (χ2n) is 11.0. The maximum Gasteiger partial charge on any atom is 0.494 e. The van der Waals surface area contributed by atoms with E-state index >= 15 is 0 Å². The summed E-state index contributed by atoms with van der Waals surface area (Å²) in [6.07, 6.45) is 3.03. The van der Waals surface area contributed by atoms with Gasteiger partial charge in [0.2, 0.25) is 0 Å². The molecule has 4 rings (SSSR count). The first-order valence-electron chi connectivity index (χ1n) is 11.2. The highest BCUT2D eigenvalue weighted by atomic mass is 16.7. The fraction of sp³-hybridized carbons (Fsp3) is 0.739. The van der Waals surface area contributed by atoms with Gasteiger partial charge in [0.1, 0.15) is 5.60 Å². The molecular formula is C23H35BN2O4. The van der Waals surface area contributed by atoms with Gasteiger partial charge < -0.3 is 18.9 Å². The minimum absolute atomic E-state index is 0.206. The smallest absolute Gasteiger partial charge is 0.444 e. The van der Waals surface area contributed by atoms with Gasteiger partial charge in [0, 0.05) is 36.3 Å². The van der Waals surface area contributed by atoms with E-state index < -0.39 is 12.7 Å². The molecule has 7 heteroatoms. The molecule has 164 valence electrons. The van der Waals surface area contributed by atoms with Crippen LogP contribution in [0.4, 0.5) is 4.79 Å². The van der Waals surface area contributed by atoms with Gasteiger partial charge in [0.15, 0.2) is 0 Å². The highest BCUT2D eigenvalue weighted by Crippen LogP contribution is 2.41. The van der Waals surface area contributed by atoms with Crippen LogP contribution in [-0.4, -0.2) is 53.0 Å². The van der Waals surface area contributed by atoms with E-state index in [-0.39, 0.29) is 23.2 Å². The fourth-order valence-electron chi connectivity index (χ4n) is 4.00. The molecule has 0 bridgehead atoms. The van der Waals surface area contributed by atoms with E-state index in [9.17, 15) is 4.79 Å². The van der Waals surface area contributed by atoms with E-state index in [0.29, 0.717) is 19.0 Å². The zero-order valence-electron chi connectivity index (χ0n) is 19.4. The Balaban J connectivity index is 1.55. The van der Waals surface area contributed by atoms with E-state index in [4.69, 9.17) is 19.0 Å². The van der Waals surface area contributed by atoms with Gasteiger partial charge in [0.25, 0.3) is 0 Å². The number of ether oxygens (including phenoxy) is 1. The molecule has 1 saturated carbocycles. The van der Waals surface area contributed by atoms with Gasteiger partial charge in [-0.15, -0.1) is 0 Å². The molecule has 1 aromatic heterocycles. The quantitative estimate of drug-likeness (QED) is 0.701. The SMILES string of the molecule is CC(C)(C)OC(=O)N1CCC(c2cc(B3OC(C)(C)C(C)(C)O3)cc(C3CC3)n2)C1. The Morgan fingerprint density at radius 2 is 1.63 bits per heavy atom. The molecule has 0 radical (unpaired) electrons. The molecule has 6 nitrogen and oxygen atoms in total. The molecule has 3 heterocycles. The third-order valence-corrected chi connectivity index (χ3v) is 6.67. The van der Waals surface area contributed by atoms with Crippen LogP contribution in [0, 0.1) is 0 Å². The van der Waals surface area contributed by atoms with Crippen LogP contribution in [0.1, 0.15) is 91.0 Å². The summed E-state index contributed by atoms with van der Waals surface area (Å²) < 4.78 is 18.2. The predicted octanol–water partition coefficient (Wildman–Crippen LogP) is 3.98. The van der Waals surface area contributed by atoms with E-state index in [2.05, 4.69) is 39.8 Å². The Morgan fingerprint density at radius 1 is 1.07 bits per heavy atom. The Hall–Kier alpha value is -1.60. The lowest BCUT2D eigenvalue weighted by atomic mass is 9.77. The zero-order chi connectivity index (χ0) is 21.9. The monoisotopic (exact) mass is 414 g/mol. The summed E-state index contributed by atoms with van der Waals surface area (Å²) in [4.78, 5) is 19.3. The number of carbonyl (C=O) groups is 1. The molecule has 0 aromatic carbocycles. The number of aromatic nitrogens is 1. The topological polar surface area (TPSA) is 60.9 Å². The Kier molecular flexibility index (Phi) is 5.21. The lowest BCUT2D eigenvalue weighted by molar-refractivity contribution is 0.00578. The van der Waals surface area contributed by atoms with Crippen molar-refractivity contribution < 1.29 is 18.8 Å². The summed E-state index contributed by atoms with van der Waals surface area (Å²) in [7, 11) is -0.391. The molecule has 3 fully saturated rings. The van der Waals surface area contributed by atoms with Crippen molar-refractivity contribution in [3.63, 3.8) is 0 Å². The van der Waals surface area contributed by atoms with Crippen molar-refractivity contribution >= 4 is 18.7 Å². The average molecular weight is 414 g/mol. The number of nitrogens with zero attached hydrogens (tertiary/aromatic N) is 2. The van der Waals surface area contributed by atoms with Crippen LogP contribution in [-0.2, 0) is 14.0 Å². The second kappa shape index (κ2) is 7.23. The lowest BCUT2D eigenvalue weighted by Gasteiger charge is -2.32. The number of pyridine rings is 1. The standard InChI is InChI=1S/C23H35BN2O4/c1-21(2,3)28-20(27)26-11-10-16(14-26)19-13-17(12-18(25-19)15-8-9-15)24-29-22(4,5)23(6,7)30-24/h12-13,15-16H,8-11,14H2,1-7H3. The van der Waals surface area contributed by atoms with Crippen molar-refractivity contribution in [2.75, 3.05) is 13.1 Å². The average Bonchev–Trinajstić information content (AvgIpc) is 3.29. The number of hydrogen-bond acceptors (Lipinski definition) is 5. The molecule has 30 heavy (non-hydrogen) atoms. The molecule has 2 aliphatic heterocycles. The summed E-state index contributed by atoms with van der Waals surface area (Å²) in [6.45, 7) is 15.3. The molecule has 1 aromatic rings. The van der Waals surface area contributed by atoms with Crippen LogP contribution in [0.2, 0.25) is 0 Å². The maximum atomic E-state index is 12.5. The van der Waals surface area contributed by atoms with Gasteiger partial charge in [-0.05, 0) is 85.3 Å². The first-order chi connectivity index (χ1) is 13.8. The maximum absolute atomic E-state index is 12.5.